The lowest BCUT2D eigenvalue weighted by atomic mass is 10.1. The maximum Gasteiger partial charge on any atom is 0.225 e. The second-order valence-corrected chi connectivity index (χ2v) is 5.52. The van der Waals surface area contributed by atoms with E-state index in [0.29, 0.717) is 6.04 Å². The monoisotopic (exact) mass is 245 g/mol. The fourth-order valence-corrected chi connectivity index (χ4v) is 2.18. The van der Waals surface area contributed by atoms with Gasteiger partial charge in [0, 0.05) is 18.5 Å². The summed E-state index contributed by atoms with van der Waals surface area (Å²) in [6, 6.07) is 9.13. The Kier molecular flexibility index (Phi) is 4.05. The molecule has 18 heavy (non-hydrogen) atoms. The molecule has 0 spiro atoms. The lowest BCUT2D eigenvalue weighted by molar-refractivity contribution is -0.135. The van der Waals surface area contributed by atoms with Gasteiger partial charge in [0.2, 0.25) is 5.91 Å². The molecule has 2 heteroatoms. The molecule has 0 unspecified atom stereocenters. The highest BCUT2D eigenvalue weighted by Crippen LogP contribution is 2.29. The third-order valence-electron chi connectivity index (χ3n) is 3.55. The van der Waals surface area contributed by atoms with Crippen molar-refractivity contribution in [3.8, 4) is 0 Å². The number of nitrogens with zero attached hydrogens (tertiary/aromatic N) is 1. The Balaban J connectivity index is 2.06. The van der Waals surface area contributed by atoms with Crippen molar-refractivity contribution >= 4 is 5.91 Å². The minimum atomic E-state index is 0.0977. The summed E-state index contributed by atoms with van der Waals surface area (Å²) >= 11 is 0. The van der Waals surface area contributed by atoms with E-state index in [2.05, 4.69) is 36.1 Å². The van der Waals surface area contributed by atoms with Crippen molar-refractivity contribution in [2.24, 2.45) is 5.92 Å². The van der Waals surface area contributed by atoms with E-state index >= 15 is 0 Å². The van der Waals surface area contributed by atoms with E-state index in [4.69, 9.17) is 0 Å². The van der Waals surface area contributed by atoms with Gasteiger partial charge >= 0.3 is 0 Å². The first kappa shape index (κ1) is 13.1. The Morgan fingerprint density at radius 2 is 1.78 bits per heavy atom. The molecule has 0 radical (unpaired) electrons. The molecular formula is C16H23NO. The molecule has 1 aliphatic rings. The molecule has 0 aromatic heterocycles. The minimum Gasteiger partial charge on any atom is -0.335 e. The van der Waals surface area contributed by atoms with Crippen molar-refractivity contribution in [1.29, 1.82) is 0 Å². The van der Waals surface area contributed by atoms with E-state index in [-0.39, 0.29) is 11.8 Å². The number of hydrogen-bond acceptors (Lipinski definition) is 1. The molecule has 2 rings (SSSR count). The SMILES string of the molecule is CCc1ccc(CN(C(=O)C(C)C)C2CC2)cc1. The molecule has 0 saturated heterocycles. The van der Waals surface area contributed by atoms with Gasteiger partial charge in [0.05, 0.1) is 0 Å². The largest absolute Gasteiger partial charge is 0.335 e. The summed E-state index contributed by atoms with van der Waals surface area (Å²) in [5.74, 6) is 0.387. The summed E-state index contributed by atoms with van der Waals surface area (Å²) in [6.07, 6.45) is 3.41. The minimum absolute atomic E-state index is 0.0977. The van der Waals surface area contributed by atoms with Gasteiger partial charge in [0.25, 0.3) is 0 Å². The number of aryl methyl sites for hydroxylation is 1. The number of rotatable bonds is 5. The molecule has 0 N–H and O–H groups in total. The van der Waals surface area contributed by atoms with Gasteiger partial charge in [-0.3, -0.25) is 4.79 Å². The molecule has 1 aliphatic carbocycles. The molecule has 1 saturated carbocycles. The molecule has 2 nitrogen and oxygen atoms in total. The summed E-state index contributed by atoms with van der Waals surface area (Å²) in [5.41, 5.74) is 2.60. The number of carbonyl (C=O) groups excluding carboxylic acids is 1. The van der Waals surface area contributed by atoms with E-state index in [9.17, 15) is 4.79 Å². The summed E-state index contributed by atoms with van der Waals surface area (Å²) in [4.78, 5) is 14.2. The first-order valence-electron chi connectivity index (χ1n) is 7.00. The number of benzene rings is 1. The quantitative estimate of drug-likeness (QED) is 0.778. The summed E-state index contributed by atoms with van der Waals surface area (Å²) in [5, 5.41) is 0. The smallest absolute Gasteiger partial charge is 0.225 e. The van der Waals surface area contributed by atoms with Crippen LogP contribution in [0.3, 0.4) is 0 Å². The average Bonchev–Trinajstić information content (AvgIpc) is 3.20. The molecule has 0 bridgehead atoms. The van der Waals surface area contributed by atoms with E-state index in [1.54, 1.807) is 0 Å². The van der Waals surface area contributed by atoms with Crippen LogP contribution in [-0.2, 0) is 17.8 Å². The Morgan fingerprint density at radius 1 is 1.22 bits per heavy atom. The number of amides is 1. The lowest BCUT2D eigenvalue weighted by Gasteiger charge is -2.24. The lowest BCUT2D eigenvalue weighted by Crippen LogP contribution is -2.35. The predicted molar refractivity (Wildman–Crippen MR) is 74.2 cm³/mol. The molecule has 98 valence electrons. The molecule has 1 fully saturated rings. The van der Waals surface area contributed by atoms with Crippen molar-refractivity contribution in [2.45, 2.75) is 52.6 Å². The van der Waals surface area contributed by atoms with Gasteiger partial charge in [0.15, 0.2) is 0 Å². The summed E-state index contributed by atoms with van der Waals surface area (Å²) < 4.78 is 0. The highest BCUT2D eigenvalue weighted by molar-refractivity contribution is 5.78. The maximum absolute atomic E-state index is 12.2. The van der Waals surface area contributed by atoms with Crippen molar-refractivity contribution in [2.75, 3.05) is 0 Å². The predicted octanol–water partition coefficient (Wildman–Crippen LogP) is 3.40. The number of carbonyl (C=O) groups is 1. The molecule has 0 atom stereocenters. The first-order chi connectivity index (χ1) is 8.61. The Morgan fingerprint density at radius 3 is 2.22 bits per heavy atom. The summed E-state index contributed by atoms with van der Waals surface area (Å²) in [7, 11) is 0. The summed E-state index contributed by atoms with van der Waals surface area (Å²) in [6.45, 7) is 6.90. The molecular weight excluding hydrogens is 222 g/mol. The van der Waals surface area contributed by atoms with Crippen LogP contribution in [-0.4, -0.2) is 16.8 Å². The van der Waals surface area contributed by atoms with E-state index in [0.717, 1.165) is 13.0 Å². The van der Waals surface area contributed by atoms with Crippen molar-refractivity contribution in [3.05, 3.63) is 35.4 Å². The van der Waals surface area contributed by atoms with Crippen molar-refractivity contribution in [3.63, 3.8) is 0 Å². The van der Waals surface area contributed by atoms with Crippen molar-refractivity contribution < 1.29 is 4.79 Å². The number of hydrogen-bond donors (Lipinski definition) is 0. The standard InChI is InChI=1S/C16H23NO/c1-4-13-5-7-14(8-6-13)11-17(15-9-10-15)16(18)12(2)3/h5-8,12,15H,4,9-11H2,1-3H3. The molecule has 1 aromatic carbocycles. The average molecular weight is 245 g/mol. The van der Waals surface area contributed by atoms with Crippen LogP contribution in [0.5, 0.6) is 0 Å². The topological polar surface area (TPSA) is 20.3 Å². The second kappa shape index (κ2) is 5.55. The van der Waals surface area contributed by atoms with Crippen LogP contribution in [0.4, 0.5) is 0 Å². The third kappa shape index (κ3) is 3.12. The van der Waals surface area contributed by atoms with Gasteiger partial charge in [-0.15, -0.1) is 0 Å². The molecule has 1 aromatic rings. The van der Waals surface area contributed by atoms with Crippen LogP contribution < -0.4 is 0 Å². The Labute approximate surface area is 110 Å². The van der Waals surface area contributed by atoms with Crippen LogP contribution in [0.15, 0.2) is 24.3 Å². The molecule has 1 amide bonds. The van der Waals surface area contributed by atoms with Crippen LogP contribution in [0, 0.1) is 5.92 Å². The van der Waals surface area contributed by atoms with Gasteiger partial charge in [-0.25, -0.2) is 0 Å². The van der Waals surface area contributed by atoms with E-state index < -0.39 is 0 Å². The zero-order chi connectivity index (χ0) is 13.1. The Bertz CT molecular complexity index is 404. The van der Waals surface area contributed by atoms with Crippen molar-refractivity contribution in [1.82, 2.24) is 4.90 Å². The maximum atomic E-state index is 12.2. The van der Waals surface area contributed by atoms with Crippen LogP contribution >= 0.6 is 0 Å². The zero-order valence-electron chi connectivity index (χ0n) is 11.6. The fraction of sp³-hybridized carbons (Fsp3) is 0.562. The first-order valence-corrected chi connectivity index (χ1v) is 7.00. The van der Waals surface area contributed by atoms with Gasteiger partial charge in [0.1, 0.15) is 0 Å². The van der Waals surface area contributed by atoms with Gasteiger partial charge in [-0.1, -0.05) is 45.0 Å². The normalized spacial score (nSPS) is 14.9. The van der Waals surface area contributed by atoms with Gasteiger partial charge < -0.3 is 4.90 Å². The van der Waals surface area contributed by atoms with Gasteiger partial charge in [-0.2, -0.15) is 0 Å². The Hall–Kier alpha value is -1.31. The van der Waals surface area contributed by atoms with E-state index in [1.165, 1.54) is 24.0 Å². The van der Waals surface area contributed by atoms with E-state index in [1.807, 2.05) is 13.8 Å². The van der Waals surface area contributed by atoms with Gasteiger partial charge in [-0.05, 0) is 30.4 Å². The fourth-order valence-electron chi connectivity index (χ4n) is 2.18. The second-order valence-electron chi connectivity index (χ2n) is 5.52. The van der Waals surface area contributed by atoms with Crippen LogP contribution in [0.2, 0.25) is 0 Å². The van der Waals surface area contributed by atoms with Crippen LogP contribution in [0.1, 0.15) is 44.7 Å². The van der Waals surface area contributed by atoms with Crippen LogP contribution in [0.25, 0.3) is 0 Å². The third-order valence-corrected chi connectivity index (χ3v) is 3.55. The molecule has 0 aliphatic heterocycles. The highest BCUT2D eigenvalue weighted by atomic mass is 16.2. The zero-order valence-corrected chi connectivity index (χ0v) is 11.6. The molecule has 0 heterocycles. The highest BCUT2D eigenvalue weighted by Gasteiger charge is 2.33.